The van der Waals surface area contributed by atoms with Crippen LogP contribution in [0.25, 0.3) is 22.1 Å². The molecule has 4 heterocycles. The number of hydrogen-bond donors (Lipinski definition) is 2. The van der Waals surface area contributed by atoms with Gasteiger partial charge in [-0.2, -0.15) is 10.2 Å². The smallest absolute Gasteiger partial charge is 0.261 e. The number of nitrogens with two attached hydrogens (primary N) is 1. The van der Waals surface area contributed by atoms with E-state index < -0.39 is 0 Å². The molecule has 0 aliphatic rings. The first-order valence-corrected chi connectivity index (χ1v) is 5.62. The normalized spacial score (nSPS) is 11.4. The third kappa shape index (κ3) is 1.27. The van der Waals surface area contributed by atoms with Gasteiger partial charge in [-0.25, -0.2) is 15.0 Å². The summed E-state index contributed by atoms with van der Waals surface area (Å²) in [6.07, 6.45) is 5.59. The average molecular weight is 269 g/mol. The number of nitrogens with one attached hydrogen (secondary N) is 1. The monoisotopic (exact) mass is 269 g/mol. The van der Waals surface area contributed by atoms with E-state index in [4.69, 9.17) is 5.73 Å². The van der Waals surface area contributed by atoms with Gasteiger partial charge in [0.1, 0.15) is 17.5 Å². The largest absolute Gasteiger partial charge is 0.383 e. The van der Waals surface area contributed by atoms with E-state index in [1.54, 1.807) is 0 Å². The average Bonchev–Trinajstić information content (AvgIpc) is 3.03. The lowest BCUT2D eigenvalue weighted by molar-refractivity contribution is 0.535. The molecule has 0 saturated carbocycles. The van der Waals surface area contributed by atoms with Crippen LogP contribution in [0.5, 0.6) is 0 Å². The van der Waals surface area contributed by atoms with Crippen LogP contribution >= 0.6 is 0 Å². The molecule has 0 aliphatic carbocycles. The third-order valence-electron chi connectivity index (χ3n) is 2.91. The molecule has 20 heavy (non-hydrogen) atoms. The van der Waals surface area contributed by atoms with Gasteiger partial charge < -0.3 is 10.7 Å². The summed E-state index contributed by atoms with van der Waals surface area (Å²) < 4.78 is 0. The van der Waals surface area contributed by atoms with E-state index in [0.29, 0.717) is 27.9 Å². The summed E-state index contributed by atoms with van der Waals surface area (Å²) in [6.45, 7) is 0. The van der Waals surface area contributed by atoms with Gasteiger partial charge in [-0.15, -0.1) is 9.58 Å². The van der Waals surface area contributed by atoms with E-state index in [1.807, 2.05) is 0 Å². The highest BCUT2D eigenvalue weighted by atomic mass is 16.1. The lowest BCUT2D eigenvalue weighted by Crippen LogP contribution is -2.15. The predicted molar refractivity (Wildman–Crippen MR) is 68.7 cm³/mol. The van der Waals surface area contributed by atoms with Crippen LogP contribution in [0.2, 0.25) is 0 Å². The Kier molecular flexibility index (Phi) is 1.91. The summed E-state index contributed by atoms with van der Waals surface area (Å²) >= 11 is 0. The molecular weight excluding hydrogens is 262 g/mol. The maximum absolute atomic E-state index is 11.7. The Balaban J connectivity index is 2.10. The minimum atomic E-state index is -0.271. The molecular formula is C10H7N9O. The summed E-state index contributed by atoms with van der Waals surface area (Å²) in [6, 6.07) is 0. The standard InChI is InChI=1S/C10H7N9O/c11-7-5-1-16-18(8(5)13-3-12-7)19-9-6(2-17-19)10(20)15-4-14-9/h1-4H,(H2,11,12,13)(H,14,15,20). The molecule has 4 rings (SSSR count). The number of rotatable bonds is 1. The minimum absolute atomic E-state index is 0.271. The topological polar surface area (TPSA) is 133 Å². The molecule has 4 aromatic heterocycles. The molecule has 98 valence electrons. The van der Waals surface area contributed by atoms with Crippen LogP contribution in [0.15, 0.2) is 29.8 Å². The fraction of sp³-hybridized carbons (Fsp3) is 0. The van der Waals surface area contributed by atoms with Crippen molar-refractivity contribution in [2.45, 2.75) is 0 Å². The van der Waals surface area contributed by atoms with Gasteiger partial charge in [0.05, 0.1) is 24.1 Å². The van der Waals surface area contributed by atoms with Gasteiger partial charge in [0.15, 0.2) is 11.3 Å². The number of fused-ring (bicyclic) bond motifs is 2. The van der Waals surface area contributed by atoms with Gasteiger partial charge in [-0.05, 0) is 0 Å². The first-order chi connectivity index (χ1) is 9.75. The Hall–Kier alpha value is -3.30. The molecule has 4 aromatic rings. The van der Waals surface area contributed by atoms with Crippen LogP contribution < -0.4 is 11.3 Å². The second-order valence-corrected chi connectivity index (χ2v) is 4.03. The Morgan fingerprint density at radius 2 is 1.70 bits per heavy atom. The summed E-state index contributed by atoms with van der Waals surface area (Å²) in [5, 5.41) is 9.23. The van der Waals surface area contributed by atoms with Crippen LogP contribution in [0.4, 0.5) is 5.82 Å². The van der Waals surface area contributed by atoms with Crippen molar-refractivity contribution in [2.24, 2.45) is 0 Å². The number of anilines is 1. The molecule has 0 fully saturated rings. The molecule has 0 radical (unpaired) electrons. The maximum atomic E-state index is 11.7. The third-order valence-corrected chi connectivity index (χ3v) is 2.91. The van der Waals surface area contributed by atoms with E-state index in [2.05, 4.69) is 30.1 Å². The van der Waals surface area contributed by atoms with Crippen molar-refractivity contribution in [1.82, 2.24) is 39.7 Å². The zero-order valence-electron chi connectivity index (χ0n) is 9.93. The lowest BCUT2D eigenvalue weighted by Gasteiger charge is -2.02. The highest BCUT2D eigenvalue weighted by Gasteiger charge is 2.13. The fourth-order valence-corrected chi connectivity index (χ4v) is 1.97. The van der Waals surface area contributed by atoms with Gasteiger partial charge >= 0.3 is 0 Å². The van der Waals surface area contributed by atoms with Crippen molar-refractivity contribution in [1.29, 1.82) is 0 Å². The van der Waals surface area contributed by atoms with Crippen LogP contribution in [-0.4, -0.2) is 39.7 Å². The lowest BCUT2D eigenvalue weighted by atomic mass is 10.4. The van der Waals surface area contributed by atoms with Crippen molar-refractivity contribution < 1.29 is 0 Å². The van der Waals surface area contributed by atoms with Crippen LogP contribution in [0.1, 0.15) is 0 Å². The number of hydrogen-bond acceptors (Lipinski definition) is 7. The SMILES string of the molecule is Nc1ncnc2c1cnn2-n1ncc2c(=O)[nH]cnc21. The molecule has 0 aliphatic heterocycles. The summed E-state index contributed by atoms with van der Waals surface area (Å²) in [5.74, 6) is 0.323. The Morgan fingerprint density at radius 1 is 1.00 bits per heavy atom. The van der Waals surface area contributed by atoms with E-state index in [1.165, 1.54) is 34.6 Å². The van der Waals surface area contributed by atoms with Crippen LogP contribution in [-0.2, 0) is 0 Å². The van der Waals surface area contributed by atoms with Gasteiger partial charge in [0.2, 0.25) is 0 Å². The molecule has 0 saturated heterocycles. The van der Waals surface area contributed by atoms with Crippen molar-refractivity contribution >= 4 is 27.9 Å². The predicted octanol–water partition coefficient (Wildman–Crippen LogP) is -0.847. The number of aromatic amines is 1. The molecule has 0 unspecified atom stereocenters. The van der Waals surface area contributed by atoms with Crippen molar-refractivity contribution in [3.05, 3.63) is 35.4 Å². The van der Waals surface area contributed by atoms with Crippen LogP contribution in [0, 0.1) is 0 Å². The van der Waals surface area contributed by atoms with E-state index >= 15 is 0 Å². The second kappa shape index (κ2) is 3.60. The number of nitrogens with zero attached hydrogens (tertiary/aromatic N) is 7. The molecule has 10 heteroatoms. The van der Waals surface area contributed by atoms with Gasteiger partial charge in [-0.3, -0.25) is 4.79 Å². The summed E-state index contributed by atoms with van der Waals surface area (Å²) in [7, 11) is 0. The van der Waals surface area contributed by atoms with E-state index in [9.17, 15) is 4.79 Å². The Labute approximate surface area is 109 Å². The van der Waals surface area contributed by atoms with E-state index in [0.717, 1.165) is 0 Å². The quantitative estimate of drug-likeness (QED) is 0.459. The highest BCUT2D eigenvalue weighted by molar-refractivity contribution is 5.85. The second-order valence-electron chi connectivity index (χ2n) is 4.03. The van der Waals surface area contributed by atoms with Crippen molar-refractivity contribution in [3.63, 3.8) is 0 Å². The molecule has 3 N–H and O–H groups in total. The highest BCUT2D eigenvalue weighted by Crippen LogP contribution is 2.16. The molecule has 0 spiro atoms. The molecule has 0 atom stereocenters. The molecule has 10 nitrogen and oxygen atoms in total. The fourth-order valence-electron chi connectivity index (χ4n) is 1.97. The molecule has 0 amide bonds. The first kappa shape index (κ1) is 10.6. The van der Waals surface area contributed by atoms with Gasteiger partial charge in [-0.1, -0.05) is 0 Å². The zero-order chi connectivity index (χ0) is 13.7. The maximum Gasteiger partial charge on any atom is 0.261 e. The molecule has 0 bridgehead atoms. The zero-order valence-corrected chi connectivity index (χ0v) is 9.93. The number of H-pyrrole nitrogens is 1. The molecule has 0 aromatic carbocycles. The van der Waals surface area contributed by atoms with Crippen molar-refractivity contribution in [3.8, 4) is 0 Å². The number of nitrogen functional groups attached to an aromatic ring is 1. The van der Waals surface area contributed by atoms with Crippen LogP contribution in [0.3, 0.4) is 0 Å². The van der Waals surface area contributed by atoms with E-state index in [-0.39, 0.29) is 5.56 Å². The van der Waals surface area contributed by atoms with Gasteiger partial charge in [0.25, 0.3) is 5.56 Å². The first-order valence-electron chi connectivity index (χ1n) is 5.62. The Bertz CT molecular complexity index is 995. The number of aromatic nitrogens is 8. The summed E-state index contributed by atoms with van der Waals surface area (Å²) in [4.78, 5) is 29.0. The van der Waals surface area contributed by atoms with Gasteiger partial charge in [0, 0.05) is 0 Å². The summed E-state index contributed by atoms with van der Waals surface area (Å²) in [5.41, 5.74) is 6.33. The Morgan fingerprint density at radius 3 is 2.50 bits per heavy atom. The minimum Gasteiger partial charge on any atom is -0.383 e. The van der Waals surface area contributed by atoms with Crippen molar-refractivity contribution in [2.75, 3.05) is 5.73 Å².